The van der Waals surface area contributed by atoms with Crippen molar-refractivity contribution in [3.05, 3.63) is 0 Å². The molecule has 0 aliphatic carbocycles. The first-order chi connectivity index (χ1) is 7.65. The lowest BCUT2D eigenvalue weighted by Crippen LogP contribution is -2.64. The van der Waals surface area contributed by atoms with E-state index in [1.807, 2.05) is 0 Å². The van der Waals surface area contributed by atoms with Gasteiger partial charge in [-0.1, -0.05) is 13.8 Å². The zero-order valence-corrected chi connectivity index (χ0v) is 11.1. The highest BCUT2D eigenvalue weighted by Crippen LogP contribution is 2.32. The SMILES string of the molecule is CC(C)C1(N2CCN(C)CC2)CCCNC1. The minimum atomic E-state index is 0.430. The molecule has 0 saturated carbocycles. The number of piperazine rings is 1. The van der Waals surface area contributed by atoms with Gasteiger partial charge in [0.05, 0.1) is 0 Å². The number of nitrogens with one attached hydrogen (secondary N) is 1. The van der Waals surface area contributed by atoms with E-state index >= 15 is 0 Å². The Morgan fingerprint density at radius 1 is 1.12 bits per heavy atom. The van der Waals surface area contributed by atoms with Gasteiger partial charge in [-0.25, -0.2) is 0 Å². The number of hydrogen-bond donors (Lipinski definition) is 1. The van der Waals surface area contributed by atoms with Crippen molar-refractivity contribution >= 4 is 0 Å². The number of nitrogens with zero attached hydrogens (tertiary/aromatic N) is 2. The summed E-state index contributed by atoms with van der Waals surface area (Å²) >= 11 is 0. The third-order valence-corrected chi connectivity index (χ3v) is 4.60. The molecule has 0 radical (unpaired) electrons. The largest absolute Gasteiger partial charge is 0.315 e. The van der Waals surface area contributed by atoms with E-state index in [1.165, 1.54) is 52.1 Å². The van der Waals surface area contributed by atoms with Gasteiger partial charge in [-0.2, -0.15) is 0 Å². The molecule has 0 aromatic carbocycles. The first-order valence-electron chi connectivity index (χ1n) is 6.79. The molecule has 1 atom stereocenters. The second-order valence-electron chi connectivity index (χ2n) is 5.83. The average Bonchev–Trinajstić information content (AvgIpc) is 2.30. The van der Waals surface area contributed by atoms with Gasteiger partial charge in [0.2, 0.25) is 0 Å². The number of likely N-dealkylation sites (N-methyl/N-ethyl adjacent to an activating group) is 1. The molecule has 0 amide bonds. The molecule has 3 nitrogen and oxygen atoms in total. The summed E-state index contributed by atoms with van der Waals surface area (Å²) in [7, 11) is 2.23. The Hall–Kier alpha value is -0.120. The summed E-state index contributed by atoms with van der Waals surface area (Å²) in [4.78, 5) is 5.20. The predicted molar refractivity (Wildman–Crippen MR) is 68.7 cm³/mol. The highest BCUT2D eigenvalue weighted by atomic mass is 15.3. The quantitative estimate of drug-likeness (QED) is 0.757. The normalized spacial score (nSPS) is 34.5. The van der Waals surface area contributed by atoms with Gasteiger partial charge < -0.3 is 10.2 Å². The molecule has 0 aromatic heterocycles. The van der Waals surface area contributed by atoms with Crippen LogP contribution in [0.5, 0.6) is 0 Å². The van der Waals surface area contributed by atoms with Crippen LogP contribution in [0.1, 0.15) is 26.7 Å². The van der Waals surface area contributed by atoms with E-state index in [0.717, 1.165) is 5.92 Å². The van der Waals surface area contributed by atoms with Gasteiger partial charge in [0.25, 0.3) is 0 Å². The van der Waals surface area contributed by atoms with E-state index < -0.39 is 0 Å². The highest BCUT2D eigenvalue weighted by molar-refractivity contribution is 4.99. The van der Waals surface area contributed by atoms with Gasteiger partial charge in [-0.15, -0.1) is 0 Å². The third kappa shape index (κ3) is 2.27. The zero-order valence-electron chi connectivity index (χ0n) is 11.1. The second-order valence-corrected chi connectivity index (χ2v) is 5.83. The minimum absolute atomic E-state index is 0.430. The summed E-state index contributed by atoms with van der Waals surface area (Å²) in [5.41, 5.74) is 0.430. The van der Waals surface area contributed by atoms with Crippen molar-refractivity contribution in [1.29, 1.82) is 0 Å². The monoisotopic (exact) mass is 225 g/mol. The molecule has 2 saturated heterocycles. The van der Waals surface area contributed by atoms with Gasteiger partial charge in [0.15, 0.2) is 0 Å². The first-order valence-corrected chi connectivity index (χ1v) is 6.79. The standard InChI is InChI=1S/C13H27N3/c1-12(2)13(5-4-6-14-11-13)16-9-7-15(3)8-10-16/h12,14H,4-11H2,1-3H3. The van der Waals surface area contributed by atoms with Crippen LogP contribution in [0.4, 0.5) is 0 Å². The Morgan fingerprint density at radius 3 is 2.31 bits per heavy atom. The van der Waals surface area contributed by atoms with E-state index in [9.17, 15) is 0 Å². The van der Waals surface area contributed by atoms with Gasteiger partial charge in [-0.05, 0) is 32.4 Å². The van der Waals surface area contributed by atoms with Crippen molar-refractivity contribution in [3.63, 3.8) is 0 Å². The predicted octanol–water partition coefficient (Wildman–Crippen LogP) is 1.01. The molecule has 94 valence electrons. The number of rotatable bonds is 2. The van der Waals surface area contributed by atoms with E-state index in [-0.39, 0.29) is 0 Å². The maximum atomic E-state index is 3.61. The molecule has 2 rings (SSSR count). The van der Waals surface area contributed by atoms with Crippen molar-refractivity contribution in [2.75, 3.05) is 46.3 Å². The van der Waals surface area contributed by atoms with Crippen LogP contribution >= 0.6 is 0 Å². The molecule has 3 heteroatoms. The molecule has 2 aliphatic rings. The van der Waals surface area contributed by atoms with Crippen molar-refractivity contribution < 1.29 is 0 Å². The molecule has 1 N–H and O–H groups in total. The summed E-state index contributed by atoms with van der Waals surface area (Å²) in [5.74, 6) is 0.753. The fraction of sp³-hybridized carbons (Fsp3) is 1.00. The molecule has 0 bridgehead atoms. The molecule has 0 spiro atoms. The smallest absolute Gasteiger partial charge is 0.0358 e. The topological polar surface area (TPSA) is 18.5 Å². The van der Waals surface area contributed by atoms with E-state index in [0.29, 0.717) is 5.54 Å². The fourth-order valence-corrected chi connectivity index (χ4v) is 3.29. The third-order valence-electron chi connectivity index (χ3n) is 4.60. The van der Waals surface area contributed by atoms with Crippen LogP contribution in [-0.4, -0.2) is 61.7 Å². The lowest BCUT2D eigenvalue weighted by molar-refractivity contribution is -0.00836. The van der Waals surface area contributed by atoms with Crippen LogP contribution in [0.15, 0.2) is 0 Å². The molecule has 16 heavy (non-hydrogen) atoms. The van der Waals surface area contributed by atoms with Crippen LogP contribution in [0.25, 0.3) is 0 Å². The second kappa shape index (κ2) is 5.03. The van der Waals surface area contributed by atoms with E-state index in [2.05, 4.69) is 36.0 Å². The lowest BCUT2D eigenvalue weighted by Gasteiger charge is -2.52. The Labute approximate surface area is 100 Å². The van der Waals surface area contributed by atoms with Crippen molar-refractivity contribution in [3.8, 4) is 0 Å². The van der Waals surface area contributed by atoms with Crippen LogP contribution in [0.3, 0.4) is 0 Å². The van der Waals surface area contributed by atoms with Gasteiger partial charge in [0, 0.05) is 38.3 Å². The first kappa shape index (κ1) is 12.3. The molecule has 2 fully saturated rings. The van der Waals surface area contributed by atoms with Crippen LogP contribution in [0.2, 0.25) is 0 Å². The van der Waals surface area contributed by atoms with Gasteiger partial charge >= 0.3 is 0 Å². The van der Waals surface area contributed by atoms with E-state index in [4.69, 9.17) is 0 Å². The van der Waals surface area contributed by atoms with Crippen LogP contribution in [-0.2, 0) is 0 Å². The molecular formula is C13H27N3. The summed E-state index contributed by atoms with van der Waals surface area (Å²) in [6.07, 6.45) is 2.71. The van der Waals surface area contributed by atoms with Gasteiger partial charge in [0.1, 0.15) is 0 Å². The molecule has 2 heterocycles. The summed E-state index contributed by atoms with van der Waals surface area (Å²) in [6.45, 7) is 12.1. The summed E-state index contributed by atoms with van der Waals surface area (Å²) in [5, 5.41) is 3.61. The Balaban J connectivity index is 2.06. The molecule has 2 aliphatic heterocycles. The van der Waals surface area contributed by atoms with Crippen molar-refractivity contribution in [2.24, 2.45) is 5.92 Å². The lowest BCUT2D eigenvalue weighted by atomic mass is 9.78. The van der Waals surface area contributed by atoms with Crippen molar-refractivity contribution in [1.82, 2.24) is 15.1 Å². The minimum Gasteiger partial charge on any atom is -0.315 e. The number of hydrogen-bond acceptors (Lipinski definition) is 3. The Kier molecular flexibility index (Phi) is 3.88. The Morgan fingerprint density at radius 2 is 1.81 bits per heavy atom. The van der Waals surface area contributed by atoms with Crippen LogP contribution < -0.4 is 5.32 Å². The van der Waals surface area contributed by atoms with Crippen LogP contribution in [0, 0.1) is 5.92 Å². The average molecular weight is 225 g/mol. The summed E-state index contributed by atoms with van der Waals surface area (Å²) < 4.78 is 0. The van der Waals surface area contributed by atoms with Gasteiger partial charge in [-0.3, -0.25) is 4.90 Å². The van der Waals surface area contributed by atoms with E-state index in [1.54, 1.807) is 0 Å². The number of piperidine rings is 1. The van der Waals surface area contributed by atoms with Crippen molar-refractivity contribution in [2.45, 2.75) is 32.2 Å². The maximum absolute atomic E-state index is 3.61. The highest BCUT2D eigenvalue weighted by Gasteiger charge is 2.41. The fourth-order valence-electron chi connectivity index (χ4n) is 3.29. The molecule has 0 aromatic rings. The molecule has 1 unspecified atom stereocenters. The Bertz CT molecular complexity index is 213. The summed E-state index contributed by atoms with van der Waals surface area (Å²) in [6, 6.07) is 0. The molecular weight excluding hydrogens is 198 g/mol. The zero-order chi connectivity index (χ0) is 11.6. The maximum Gasteiger partial charge on any atom is 0.0358 e.